The molecule has 2 aromatic carbocycles. The number of anilines is 2. The van der Waals surface area contributed by atoms with Gasteiger partial charge in [-0.1, -0.05) is 17.7 Å². The molecule has 7 heteroatoms. The van der Waals surface area contributed by atoms with Crippen LogP contribution in [0.5, 0.6) is 0 Å². The Morgan fingerprint density at radius 2 is 2.08 bits per heavy atom. The molecule has 0 aliphatic rings. The van der Waals surface area contributed by atoms with E-state index in [1.165, 1.54) is 18.2 Å². The minimum absolute atomic E-state index is 0.107. The van der Waals surface area contributed by atoms with Gasteiger partial charge in [0.2, 0.25) is 0 Å². The molecule has 0 fully saturated rings. The Kier molecular flexibility index (Phi) is 7.00. The third kappa shape index (κ3) is 4.97. The number of hydrogen-bond acceptors (Lipinski definition) is 5. The lowest BCUT2D eigenvalue weighted by Gasteiger charge is -2.22. The lowest BCUT2D eigenvalue weighted by atomic mass is 10.1. The minimum atomic E-state index is -1.02. The summed E-state index contributed by atoms with van der Waals surface area (Å²) in [6.07, 6.45) is 1.66. The van der Waals surface area contributed by atoms with E-state index in [9.17, 15) is 4.79 Å². The quantitative estimate of drug-likeness (QED) is 0.484. The van der Waals surface area contributed by atoms with Gasteiger partial charge in [0.15, 0.2) is 0 Å². The number of likely N-dealkylation sites (N-methyl/N-ethyl adjacent to an activating group) is 1. The maximum Gasteiger partial charge on any atom is 0.335 e. The first-order valence-corrected chi connectivity index (χ1v) is 8.62. The van der Waals surface area contributed by atoms with Crippen molar-refractivity contribution >= 4 is 35.2 Å². The summed E-state index contributed by atoms with van der Waals surface area (Å²) in [7, 11) is 0. The van der Waals surface area contributed by atoms with Crippen LogP contribution in [0, 0.1) is 6.92 Å². The summed E-state index contributed by atoms with van der Waals surface area (Å²) in [6, 6.07) is 10.4. The van der Waals surface area contributed by atoms with Gasteiger partial charge in [0.25, 0.3) is 0 Å². The second-order valence-electron chi connectivity index (χ2n) is 5.71. The number of halogens is 1. The number of aliphatic hydroxyl groups excluding tert-OH is 1. The molecule has 0 amide bonds. The van der Waals surface area contributed by atoms with E-state index >= 15 is 0 Å². The summed E-state index contributed by atoms with van der Waals surface area (Å²) in [6.45, 7) is 5.53. The molecule has 0 unspecified atom stereocenters. The second kappa shape index (κ2) is 9.22. The minimum Gasteiger partial charge on any atom is -0.478 e. The Hall–Kier alpha value is -2.57. The molecule has 0 aliphatic carbocycles. The number of nitrogens with zero attached hydrogens (tertiary/aromatic N) is 2. The third-order valence-electron chi connectivity index (χ3n) is 3.97. The molecule has 0 aliphatic heterocycles. The number of aryl methyl sites for hydroxylation is 1. The van der Waals surface area contributed by atoms with E-state index in [1.54, 1.807) is 6.21 Å². The summed E-state index contributed by atoms with van der Waals surface area (Å²) in [5.41, 5.74) is 6.35. The average Bonchev–Trinajstić information content (AvgIpc) is 2.62. The van der Waals surface area contributed by atoms with Crippen molar-refractivity contribution in [3.05, 3.63) is 58.1 Å². The third-order valence-corrected chi connectivity index (χ3v) is 4.30. The van der Waals surface area contributed by atoms with Crippen LogP contribution in [-0.4, -0.2) is 42.1 Å². The average molecular weight is 376 g/mol. The SMILES string of the molecule is CCN(CCO)c1ccc(/C=N\Nc2cc(C(=O)O)ccc2Cl)c(C)c1. The van der Waals surface area contributed by atoms with Gasteiger partial charge in [-0.15, -0.1) is 0 Å². The van der Waals surface area contributed by atoms with Crippen molar-refractivity contribution < 1.29 is 15.0 Å². The molecule has 3 N–H and O–H groups in total. The van der Waals surface area contributed by atoms with Crippen LogP contribution in [-0.2, 0) is 0 Å². The van der Waals surface area contributed by atoms with Crippen LogP contribution in [0.4, 0.5) is 11.4 Å². The molecule has 26 heavy (non-hydrogen) atoms. The first-order valence-electron chi connectivity index (χ1n) is 8.24. The number of carbonyl (C=O) groups is 1. The van der Waals surface area contributed by atoms with E-state index in [2.05, 4.69) is 15.4 Å². The zero-order chi connectivity index (χ0) is 19.1. The van der Waals surface area contributed by atoms with Crippen LogP contribution in [0.3, 0.4) is 0 Å². The van der Waals surface area contributed by atoms with Crippen LogP contribution in [0.25, 0.3) is 0 Å². The molecular formula is C19H22ClN3O3. The second-order valence-corrected chi connectivity index (χ2v) is 6.12. The molecule has 2 rings (SSSR count). The molecule has 0 atom stereocenters. The highest BCUT2D eigenvalue weighted by Crippen LogP contribution is 2.23. The largest absolute Gasteiger partial charge is 0.478 e. The van der Waals surface area contributed by atoms with Crippen molar-refractivity contribution in [3.63, 3.8) is 0 Å². The Bertz CT molecular complexity index is 809. The van der Waals surface area contributed by atoms with Gasteiger partial charge >= 0.3 is 5.97 Å². The summed E-state index contributed by atoms with van der Waals surface area (Å²) in [5, 5.41) is 22.7. The van der Waals surface area contributed by atoms with E-state index in [0.717, 1.165) is 23.4 Å². The highest BCUT2D eigenvalue weighted by Gasteiger charge is 2.07. The zero-order valence-electron chi connectivity index (χ0n) is 14.7. The number of carboxylic acids is 1. The van der Waals surface area contributed by atoms with Crippen molar-refractivity contribution in [2.45, 2.75) is 13.8 Å². The smallest absolute Gasteiger partial charge is 0.335 e. The maximum atomic E-state index is 11.0. The molecule has 0 heterocycles. The monoisotopic (exact) mass is 375 g/mol. The fourth-order valence-corrected chi connectivity index (χ4v) is 2.67. The number of hydrazone groups is 1. The van der Waals surface area contributed by atoms with Gasteiger partial charge in [-0.05, 0) is 55.3 Å². The van der Waals surface area contributed by atoms with Gasteiger partial charge in [0.05, 0.1) is 29.1 Å². The van der Waals surface area contributed by atoms with E-state index in [0.29, 0.717) is 17.3 Å². The molecule has 0 saturated heterocycles. The van der Waals surface area contributed by atoms with E-state index in [4.69, 9.17) is 21.8 Å². The number of carboxylic acid groups (broad SMARTS) is 1. The van der Waals surface area contributed by atoms with Gasteiger partial charge in [0, 0.05) is 18.8 Å². The topological polar surface area (TPSA) is 85.2 Å². The standard InChI is InChI=1S/C19H22ClN3O3/c1-3-23(8-9-24)16-6-4-15(13(2)10-16)12-21-22-18-11-14(19(25)26)5-7-17(18)20/h4-7,10-12,22,24H,3,8-9H2,1-2H3,(H,25,26)/b21-12-. The number of hydrogen-bond donors (Lipinski definition) is 3. The molecule has 0 spiro atoms. The number of rotatable bonds is 8. The normalized spacial score (nSPS) is 10.9. The predicted octanol–water partition coefficient (Wildman–Crippen LogP) is 3.61. The molecule has 0 aromatic heterocycles. The Balaban J connectivity index is 2.14. The number of aliphatic hydroxyl groups is 1. The highest BCUT2D eigenvalue weighted by atomic mass is 35.5. The zero-order valence-corrected chi connectivity index (χ0v) is 15.5. The molecule has 6 nitrogen and oxygen atoms in total. The van der Waals surface area contributed by atoms with E-state index in [-0.39, 0.29) is 12.2 Å². The molecule has 138 valence electrons. The molecule has 0 saturated carbocycles. The number of nitrogens with one attached hydrogen (secondary N) is 1. The van der Waals surface area contributed by atoms with Crippen molar-refractivity contribution in [1.82, 2.24) is 0 Å². The molecular weight excluding hydrogens is 354 g/mol. The van der Waals surface area contributed by atoms with Gasteiger partial charge in [0.1, 0.15) is 0 Å². The van der Waals surface area contributed by atoms with Crippen LogP contribution in [0.1, 0.15) is 28.4 Å². The molecule has 2 aromatic rings. The van der Waals surface area contributed by atoms with Crippen molar-refractivity contribution in [3.8, 4) is 0 Å². The van der Waals surface area contributed by atoms with E-state index in [1.807, 2.05) is 32.0 Å². The maximum absolute atomic E-state index is 11.0. The van der Waals surface area contributed by atoms with E-state index < -0.39 is 5.97 Å². The molecule has 0 radical (unpaired) electrons. The lowest BCUT2D eigenvalue weighted by Crippen LogP contribution is -2.26. The first-order chi connectivity index (χ1) is 12.5. The fraction of sp³-hybridized carbons (Fsp3) is 0.263. The predicted molar refractivity (Wildman–Crippen MR) is 106 cm³/mol. The number of benzene rings is 2. The summed E-state index contributed by atoms with van der Waals surface area (Å²) in [4.78, 5) is 13.1. The first kappa shape index (κ1) is 19.8. The Morgan fingerprint density at radius 1 is 1.31 bits per heavy atom. The van der Waals surface area contributed by atoms with Crippen molar-refractivity contribution in [2.24, 2.45) is 5.10 Å². The fourth-order valence-electron chi connectivity index (χ4n) is 2.51. The van der Waals surface area contributed by atoms with Crippen LogP contribution < -0.4 is 10.3 Å². The van der Waals surface area contributed by atoms with Gasteiger partial charge < -0.3 is 15.1 Å². The van der Waals surface area contributed by atoms with Crippen molar-refractivity contribution in [2.75, 3.05) is 30.0 Å². The van der Waals surface area contributed by atoms with Crippen LogP contribution in [0.15, 0.2) is 41.5 Å². The summed E-state index contributed by atoms with van der Waals surface area (Å²) >= 11 is 6.06. The van der Waals surface area contributed by atoms with Gasteiger partial charge in [-0.25, -0.2) is 4.79 Å². The lowest BCUT2D eigenvalue weighted by molar-refractivity contribution is 0.0697. The van der Waals surface area contributed by atoms with Gasteiger partial charge in [-0.2, -0.15) is 5.10 Å². The Labute approximate surface area is 157 Å². The van der Waals surface area contributed by atoms with Crippen LogP contribution in [0.2, 0.25) is 5.02 Å². The van der Waals surface area contributed by atoms with Crippen LogP contribution >= 0.6 is 11.6 Å². The Morgan fingerprint density at radius 3 is 2.69 bits per heavy atom. The van der Waals surface area contributed by atoms with Gasteiger partial charge in [-0.3, -0.25) is 5.43 Å². The number of aromatic carboxylic acids is 1. The summed E-state index contributed by atoms with van der Waals surface area (Å²) in [5.74, 6) is -1.02. The van der Waals surface area contributed by atoms with Crippen molar-refractivity contribution in [1.29, 1.82) is 0 Å². The summed E-state index contributed by atoms with van der Waals surface area (Å²) < 4.78 is 0. The molecule has 0 bridgehead atoms. The highest BCUT2D eigenvalue weighted by molar-refractivity contribution is 6.33.